The lowest BCUT2D eigenvalue weighted by molar-refractivity contribution is 0.652. The molecule has 2 aromatic heterocycles. The van der Waals surface area contributed by atoms with Gasteiger partial charge in [0.2, 0.25) is 0 Å². The fraction of sp³-hybridized carbons (Fsp3) is 0.300. The first kappa shape index (κ1) is 19.1. The monoisotopic (exact) mass is 436 g/mol. The molecule has 0 spiro atoms. The van der Waals surface area contributed by atoms with Crippen LogP contribution in [0, 0.1) is 0 Å². The predicted octanol–water partition coefficient (Wildman–Crippen LogP) is 6.12. The Hall–Kier alpha value is -1.27. The molecule has 1 aliphatic rings. The Morgan fingerprint density at radius 3 is 2.89 bits per heavy atom. The topological polar surface area (TPSA) is 34.9 Å². The highest BCUT2D eigenvalue weighted by molar-refractivity contribution is 7.98. The summed E-state index contributed by atoms with van der Waals surface area (Å²) < 4.78 is 1.76. The average molecular weight is 437 g/mol. The lowest BCUT2D eigenvalue weighted by Gasteiger charge is -2.12. The molecule has 0 fully saturated rings. The van der Waals surface area contributed by atoms with Crippen LogP contribution in [0.2, 0.25) is 10.0 Å². The van der Waals surface area contributed by atoms with E-state index in [4.69, 9.17) is 28.2 Å². The number of benzene rings is 1. The van der Waals surface area contributed by atoms with Gasteiger partial charge in [0.25, 0.3) is 5.56 Å². The van der Waals surface area contributed by atoms with Crippen molar-refractivity contribution in [1.82, 2.24) is 9.55 Å². The smallest absolute Gasteiger partial charge is 0.263 e. The molecule has 0 aliphatic heterocycles. The number of aryl methyl sites for hydroxylation is 2. The normalized spacial score (nSPS) is 13.3. The minimum Gasteiger partial charge on any atom is -0.283 e. The third-order valence-electron chi connectivity index (χ3n) is 4.57. The molecule has 3 aromatic rings. The number of allylic oxidation sites excluding steroid dienone is 1. The Balaban J connectivity index is 1.75. The summed E-state index contributed by atoms with van der Waals surface area (Å²) in [4.78, 5) is 20.3. The number of hydrogen-bond acceptors (Lipinski definition) is 4. The Bertz CT molecular complexity index is 1120. The highest BCUT2D eigenvalue weighted by atomic mass is 35.5. The number of halogens is 2. The predicted molar refractivity (Wildman–Crippen MR) is 117 cm³/mol. The van der Waals surface area contributed by atoms with Crippen molar-refractivity contribution in [2.75, 3.05) is 0 Å². The zero-order valence-electron chi connectivity index (χ0n) is 14.8. The summed E-state index contributed by atoms with van der Waals surface area (Å²) in [6.45, 7) is 6.40. The van der Waals surface area contributed by atoms with Crippen LogP contribution in [0.3, 0.4) is 0 Å². The minimum atomic E-state index is 0.0547. The Labute approximate surface area is 176 Å². The van der Waals surface area contributed by atoms with Gasteiger partial charge in [-0.3, -0.25) is 9.36 Å². The number of nitrogens with zero attached hydrogens (tertiary/aromatic N) is 2. The van der Waals surface area contributed by atoms with Crippen molar-refractivity contribution in [3.05, 3.63) is 66.8 Å². The van der Waals surface area contributed by atoms with Gasteiger partial charge in [-0.05, 0) is 49.4 Å². The number of rotatable bonds is 5. The van der Waals surface area contributed by atoms with Gasteiger partial charge in [0.05, 0.1) is 15.4 Å². The van der Waals surface area contributed by atoms with E-state index in [-0.39, 0.29) is 5.56 Å². The zero-order chi connectivity index (χ0) is 19.1. The molecular weight excluding hydrogens is 419 g/mol. The quantitative estimate of drug-likeness (QED) is 0.274. The first-order valence-electron chi connectivity index (χ1n) is 8.70. The van der Waals surface area contributed by atoms with E-state index in [1.807, 2.05) is 19.1 Å². The molecule has 0 N–H and O–H groups in total. The Morgan fingerprint density at radius 2 is 2.15 bits per heavy atom. The van der Waals surface area contributed by atoms with E-state index in [0.29, 0.717) is 22.3 Å². The van der Waals surface area contributed by atoms with Gasteiger partial charge >= 0.3 is 0 Å². The van der Waals surface area contributed by atoms with Gasteiger partial charge in [-0.25, -0.2) is 4.98 Å². The van der Waals surface area contributed by atoms with E-state index < -0.39 is 0 Å². The third-order valence-corrected chi connectivity index (χ3v) is 7.54. The number of thiophene rings is 1. The summed E-state index contributed by atoms with van der Waals surface area (Å²) in [5, 5.41) is 2.61. The fourth-order valence-corrected chi connectivity index (χ4v) is 5.92. The van der Waals surface area contributed by atoms with Crippen LogP contribution in [0.25, 0.3) is 10.2 Å². The first-order chi connectivity index (χ1) is 12.9. The molecule has 0 saturated carbocycles. The Morgan fingerprint density at radius 1 is 1.33 bits per heavy atom. The molecule has 4 rings (SSSR count). The van der Waals surface area contributed by atoms with Crippen LogP contribution >= 0.6 is 46.3 Å². The van der Waals surface area contributed by atoms with Gasteiger partial charge in [-0.1, -0.05) is 53.2 Å². The number of aromatic nitrogens is 2. The fourth-order valence-electron chi connectivity index (χ4n) is 3.36. The van der Waals surface area contributed by atoms with Crippen LogP contribution in [-0.4, -0.2) is 9.55 Å². The second-order valence-corrected chi connectivity index (χ2v) is 9.66. The number of thioether (sulfide) groups is 1. The largest absolute Gasteiger partial charge is 0.283 e. The van der Waals surface area contributed by atoms with Crippen molar-refractivity contribution in [1.29, 1.82) is 0 Å². The molecule has 27 heavy (non-hydrogen) atoms. The number of fused-ring (bicyclic) bond motifs is 3. The molecule has 0 saturated heterocycles. The summed E-state index contributed by atoms with van der Waals surface area (Å²) in [5.74, 6) is 0.663. The van der Waals surface area contributed by atoms with Crippen LogP contribution in [-0.2, 0) is 25.1 Å². The number of hydrogen-bond donors (Lipinski definition) is 0. The van der Waals surface area contributed by atoms with Gasteiger partial charge in [0, 0.05) is 17.2 Å². The molecule has 2 heterocycles. The van der Waals surface area contributed by atoms with E-state index in [2.05, 4.69) is 6.58 Å². The van der Waals surface area contributed by atoms with E-state index in [1.54, 1.807) is 33.7 Å². The average Bonchev–Trinajstić information content (AvgIpc) is 3.19. The van der Waals surface area contributed by atoms with Crippen molar-refractivity contribution in [2.45, 2.75) is 43.6 Å². The van der Waals surface area contributed by atoms with Crippen LogP contribution in [0.5, 0.6) is 0 Å². The maximum absolute atomic E-state index is 13.3. The second kappa shape index (κ2) is 7.63. The molecule has 0 unspecified atom stereocenters. The summed E-state index contributed by atoms with van der Waals surface area (Å²) >= 11 is 15.3. The molecule has 3 nitrogen and oxygen atoms in total. The highest BCUT2D eigenvalue weighted by Crippen LogP contribution is 2.36. The standard InChI is InChI=1S/C20H18Cl2N2OS2/c1-11(2)9-24-19(25)17-13-4-3-5-16(13)27-18(17)23-20(24)26-10-12-6-7-14(21)15(22)8-12/h6-8H,1,3-5,9-10H2,2H3. The van der Waals surface area contributed by atoms with Crippen molar-refractivity contribution >= 4 is 56.5 Å². The van der Waals surface area contributed by atoms with E-state index >= 15 is 0 Å². The molecule has 140 valence electrons. The summed E-state index contributed by atoms with van der Waals surface area (Å²) in [5.41, 5.74) is 3.24. The van der Waals surface area contributed by atoms with Crippen LogP contribution in [0.15, 0.2) is 40.3 Å². The molecule has 1 aromatic carbocycles. The minimum absolute atomic E-state index is 0.0547. The van der Waals surface area contributed by atoms with Crippen molar-refractivity contribution in [3.63, 3.8) is 0 Å². The summed E-state index contributed by atoms with van der Waals surface area (Å²) in [6.07, 6.45) is 3.17. The molecule has 0 radical (unpaired) electrons. The molecule has 0 atom stereocenters. The lowest BCUT2D eigenvalue weighted by Crippen LogP contribution is -2.24. The molecule has 1 aliphatic carbocycles. The maximum Gasteiger partial charge on any atom is 0.263 e. The lowest BCUT2D eigenvalue weighted by atomic mass is 10.2. The SMILES string of the molecule is C=C(C)Cn1c(SCc2ccc(Cl)c(Cl)c2)nc2sc3c(c2c1=O)CCC3. The maximum atomic E-state index is 13.3. The van der Waals surface area contributed by atoms with E-state index in [9.17, 15) is 4.79 Å². The third kappa shape index (κ3) is 3.70. The van der Waals surface area contributed by atoms with Gasteiger partial charge in [-0.15, -0.1) is 11.3 Å². The van der Waals surface area contributed by atoms with Crippen molar-refractivity contribution in [2.24, 2.45) is 0 Å². The van der Waals surface area contributed by atoms with Gasteiger partial charge < -0.3 is 0 Å². The summed E-state index contributed by atoms with van der Waals surface area (Å²) in [7, 11) is 0. The van der Waals surface area contributed by atoms with Crippen molar-refractivity contribution in [3.8, 4) is 0 Å². The van der Waals surface area contributed by atoms with Crippen molar-refractivity contribution < 1.29 is 0 Å². The van der Waals surface area contributed by atoms with E-state index in [1.165, 1.54) is 10.4 Å². The van der Waals surface area contributed by atoms with Crippen LogP contribution in [0.1, 0.15) is 29.3 Å². The zero-order valence-corrected chi connectivity index (χ0v) is 18.0. The van der Waals surface area contributed by atoms with Crippen LogP contribution in [0.4, 0.5) is 0 Å². The Kier molecular flexibility index (Phi) is 5.39. The van der Waals surface area contributed by atoms with Crippen LogP contribution < -0.4 is 5.56 Å². The van der Waals surface area contributed by atoms with E-state index in [0.717, 1.165) is 45.8 Å². The molecular formula is C20H18Cl2N2OS2. The highest BCUT2D eigenvalue weighted by Gasteiger charge is 2.23. The van der Waals surface area contributed by atoms with Gasteiger partial charge in [-0.2, -0.15) is 0 Å². The molecule has 0 amide bonds. The molecule has 0 bridgehead atoms. The van der Waals surface area contributed by atoms with Gasteiger partial charge in [0.1, 0.15) is 4.83 Å². The van der Waals surface area contributed by atoms with Gasteiger partial charge in [0.15, 0.2) is 5.16 Å². The molecule has 7 heteroatoms. The first-order valence-corrected chi connectivity index (χ1v) is 11.3. The summed E-state index contributed by atoms with van der Waals surface area (Å²) in [6, 6.07) is 5.60. The second-order valence-electron chi connectivity index (χ2n) is 6.82.